The quantitative estimate of drug-likeness (QED) is 0.303. The van der Waals surface area contributed by atoms with Crippen molar-refractivity contribution < 1.29 is 18.3 Å². The highest BCUT2D eigenvalue weighted by atomic mass is 79.9. The second-order valence-corrected chi connectivity index (χ2v) is 8.89. The molecule has 4 rings (SSSR count). The SMILES string of the molecule is Cc1nn(Cc2cccc(C(=O)Nc3nc(-c4ccc(OC(F)F)cc4)cs3)c2)c(C)c1Br. The molecule has 1 N–H and O–H groups in total. The first-order chi connectivity index (χ1) is 15.8. The van der Waals surface area contributed by atoms with E-state index < -0.39 is 6.61 Å². The zero-order valence-corrected chi connectivity index (χ0v) is 20.1. The summed E-state index contributed by atoms with van der Waals surface area (Å²) in [6, 6.07) is 13.5. The minimum Gasteiger partial charge on any atom is -0.435 e. The number of hydrogen-bond donors (Lipinski definition) is 1. The maximum Gasteiger partial charge on any atom is 0.387 e. The molecule has 0 saturated carbocycles. The zero-order valence-electron chi connectivity index (χ0n) is 17.7. The molecule has 0 saturated heterocycles. The van der Waals surface area contributed by atoms with Gasteiger partial charge in [0.25, 0.3) is 5.91 Å². The number of halogens is 3. The van der Waals surface area contributed by atoms with Crippen molar-refractivity contribution in [2.45, 2.75) is 27.0 Å². The van der Waals surface area contributed by atoms with E-state index in [0.29, 0.717) is 22.9 Å². The van der Waals surface area contributed by atoms with Crippen LogP contribution in [-0.2, 0) is 6.54 Å². The van der Waals surface area contributed by atoms with Crippen LogP contribution in [0, 0.1) is 13.8 Å². The third-order valence-electron chi connectivity index (χ3n) is 4.91. The molecular formula is C23H19BrF2N4O2S. The van der Waals surface area contributed by atoms with E-state index in [-0.39, 0.29) is 11.7 Å². The van der Waals surface area contributed by atoms with Crippen molar-refractivity contribution in [3.63, 3.8) is 0 Å². The lowest BCUT2D eigenvalue weighted by atomic mass is 10.1. The number of aromatic nitrogens is 3. The second-order valence-electron chi connectivity index (χ2n) is 7.24. The van der Waals surface area contributed by atoms with E-state index >= 15 is 0 Å². The Bertz CT molecular complexity index is 1290. The first-order valence-corrected chi connectivity index (χ1v) is 11.6. The van der Waals surface area contributed by atoms with E-state index in [1.165, 1.54) is 23.5 Å². The molecule has 0 spiro atoms. The van der Waals surface area contributed by atoms with Crippen LogP contribution in [0.5, 0.6) is 5.75 Å². The van der Waals surface area contributed by atoms with E-state index in [1.54, 1.807) is 23.6 Å². The normalized spacial score (nSPS) is 11.1. The summed E-state index contributed by atoms with van der Waals surface area (Å²) in [5.74, 6) is -0.196. The van der Waals surface area contributed by atoms with Gasteiger partial charge in [0.1, 0.15) is 5.75 Å². The third kappa shape index (κ3) is 5.45. The molecular weight excluding hydrogens is 514 g/mol. The van der Waals surface area contributed by atoms with E-state index in [0.717, 1.165) is 27.0 Å². The highest BCUT2D eigenvalue weighted by molar-refractivity contribution is 9.10. The van der Waals surface area contributed by atoms with Crippen molar-refractivity contribution >= 4 is 38.3 Å². The number of aryl methyl sites for hydroxylation is 1. The van der Waals surface area contributed by atoms with Crippen LogP contribution in [0.4, 0.5) is 13.9 Å². The highest BCUT2D eigenvalue weighted by Crippen LogP contribution is 2.27. The topological polar surface area (TPSA) is 69.0 Å². The van der Waals surface area contributed by atoms with Gasteiger partial charge in [-0.25, -0.2) is 4.98 Å². The molecule has 170 valence electrons. The van der Waals surface area contributed by atoms with Gasteiger partial charge in [-0.15, -0.1) is 11.3 Å². The zero-order chi connectivity index (χ0) is 23.5. The number of benzene rings is 2. The van der Waals surface area contributed by atoms with Crippen molar-refractivity contribution in [3.05, 3.63) is 80.9 Å². The maximum atomic E-state index is 12.8. The van der Waals surface area contributed by atoms with Gasteiger partial charge < -0.3 is 4.74 Å². The molecule has 2 aromatic heterocycles. The number of hydrogen-bond acceptors (Lipinski definition) is 5. The lowest BCUT2D eigenvalue weighted by Gasteiger charge is -2.07. The smallest absolute Gasteiger partial charge is 0.387 e. The number of nitrogens with one attached hydrogen (secondary N) is 1. The number of ether oxygens (including phenoxy) is 1. The Kier molecular flexibility index (Phi) is 6.85. The van der Waals surface area contributed by atoms with Gasteiger partial charge >= 0.3 is 6.61 Å². The second kappa shape index (κ2) is 9.80. The summed E-state index contributed by atoms with van der Waals surface area (Å²) in [6.45, 7) is 1.60. The van der Waals surface area contributed by atoms with Crippen LogP contribution in [0.2, 0.25) is 0 Å². The summed E-state index contributed by atoms with van der Waals surface area (Å²) >= 11 is 4.81. The van der Waals surface area contributed by atoms with Crippen LogP contribution >= 0.6 is 27.3 Å². The molecule has 0 aliphatic carbocycles. The Hall–Kier alpha value is -3.11. The average molecular weight is 533 g/mol. The largest absolute Gasteiger partial charge is 0.435 e. The van der Waals surface area contributed by atoms with E-state index in [4.69, 9.17) is 0 Å². The molecule has 0 atom stereocenters. The summed E-state index contributed by atoms with van der Waals surface area (Å²) in [6.07, 6.45) is 0. The number of nitrogens with zero attached hydrogens (tertiary/aromatic N) is 3. The predicted octanol–water partition coefficient (Wildman–Crippen LogP) is 6.29. The fraction of sp³-hybridized carbons (Fsp3) is 0.174. The molecule has 10 heteroatoms. The number of anilines is 1. The van der Waals surface area contributed by atoms with Crippen LogP contribution in [0.15, 0.2) is 58.4 Å². The molecule has 6 nitrogen and oxygen atoms in total. The lowest BCUT2D eigenvalue weighted by molar-refractivity contribution is -0.0498. The first-order valence-electron chi connectivity index (χ1n) is 9.90. The molecule has 0 fully saturated rings. The molecule has 1 amide bonds. The third-order valence-corrected chi connectivity index (χ3v) is 6.82. The van der Waals surface area contributed by atoms with Crippen molar-refractivity contribution in [3.8, 4) is 17.0 Å². The summed E-state index contributed by atoms with van der Waals surface area (Å²) in [4.78, 5) is 17.2. The fourth-order valence-corrected chi connectivity index (χ4v) is 4.25. The van der Waals surface area contributed by atoms with Gasteiger partial charge in [0, 0.05) is 16.5 Å². The average Bonchev–Trinajstić information content (AvgIpc) is 3.34. The lowest BCUT2D eigenvalue weighted by Crippen LogP contribution is -2.12. The predicted molar refractivity (Wildman–Crippen MR) is 127 cm³/mol. The standard InChI is InChI=1S/C23H19BrF2N4O2S/c1-13-20(24)14(2)30(29-13)11-15-4-3-5-17(10-15)21(31)28-23-27-19(12-33-23)16-6-8-18(9-7-16)32-22(25)26/h3-10,12,22H,11H2,1-2H3,(H,27,28,31). The molecule has 4 aromatic rings. The Balaban J connectivity index is 1.44. The monoisotopic (exact) mass is 532 g/mol. The Labute approximate surface area is 201 Å². The highest BCUT2D eigenvalue weighted by Gasteiger charge is 2.13. The van der Waals surface area contributed by atoms with Crippen LogP contribution in [-0.4, -0.2) is 27.3 Å². The number of carbonyl (C=O) groups is 1. The van der Waals surface area contributed by atoms with Crippen molar-refractivity contribution in [1.29, 1.82) is 0 Å². The van der Waals surface area contributed by atoms with Gasteiger partial charge in [-0.1, -0.05) is 12.1 Å². The molecule has 0 aliphatic rings. The molecule has 33 heavy (non-hydrogen) atoms. The van der Waals surface area contributed by atoms with Crippen LogP contribution in [0.25, 0.3) is 11.3 Å². The molecule has 2 heterocycles. The molecule has 0 bridgehead atoms. The van der Waals surface area contributed by atoms with E-state index in [1.807, 2.05) is 36.7 Å². The minimum atomic E-state index is -2.87. The number of carbonyl (C=O) groups excluding carboxylic acids is 1. The number of alkyl halides is 2. The fourth-order valence-electron chi connectivity index (χ4n) is 3.25. The molecule has 2 aromatic carbocycles. The summed E-state index contributed by atoms with van der Waals surface area (Å²) in [5.41, 5.74) is 4.75. The Morgan fingerprint density at radius 1 is 1.21 bits per heavy atom. The molecule has 0 aliphatic heterocycles. The number of amides is 1. The van der Waals surface area contributed by atoms with Crippen LogP contribution in [0.1, 0.15) is 27.3 Å². The first kappa shape index (κ1) is 23.1. The van der Waals surface area contributed by atoms with Crippen molar-refractivity contribution in [1.82, 2.24) is 14.8 Å². The van der Waals surface area contributed by atoms with Gasteiger partial charge in [0.2, 0.25) is 0 Å². The van der Waals surface area contributed by atoms with Crippen LogP contribution < -0.4 is 10.1 Å². The maximum absolute atomic E-state index is 12.8. The van der Waals surface area contributed by atoms with Gasteiger partial charge in [-0.2, -0.15) is 13.9 Å². The minimum absolute atomic E-state index is 0.0743. The summed E-state index contributed by atoms with van der Waals surface area (Å²) in [5, 5.41) is 9.56. The summed E-state index contributed by atoms with van der Waals surface area (Å²) in [7, 11) is 0. The van der Waals surface area contributed by atoms with E-state index in [2.05, 4.69) is 36.1 Å². The Morgan fingerprint density at radius 3 is 2.64 bits per heavy atom. The van der Waals surface area contributed by atoms with Crippen LogP contribution in [0.3, 0.4) is 0 Å². The van der Waals surface area contributed by atoms with Gasteiger partial charge in [0.05, 0.1) is 28.1 Å². The molecule has 0 radical (unpaired) electrons. The van der Waals surface area contributed by atoms with Crippen molar-refractivity contribution in [2.75, 3.05) is 5.32 Å². The summed E-state index contributed by atoms with van der Waals surface area (Å²) < 4.78 is 31.8. The van der Waals surface area contributed by atoms with Gasteiger partial charge in [0.15, 0.2) is 5.13 Å². The van der Waals surface area contributed by atoms with Crippen molar-refractivity contribution in [2.24, 2.45) is 0 Å². The number of rotatable bonds is 7. The molecule has 0 unspecified atom stereocenters. The van der Waals surface area contributed by atoms with Gasteiger partial charge in [-0.05, 0) is 71.7 Å². The number of thiazole rings is 1. The van der Waals surface area contributed by atoms with Gasteiger partial charge in [-0.3, -0.25) is 14.8 Å². The van der Waals surface area contributed by atoms with E-state index in [9.17, 15) is 13.6 Å². The Morgan fingerprint density at radius 2 is 1.97 bits per heavy atom.